The SMILES string of the molecule is CNC1CCCC(Cc2ncc(C)c(OC)c2C)C1. The van der Waals surface area contributed by atoms with Gasteiger partial charge in [0.15, 0.2) is 0 Å². The number of nitrogens with zero attached hydrogens (tertiary/aromatic N) is 1. The molecule has 0 aliphatic heterocycles. The van der Waals surface area contributed by atoms with Crippen LogP contribution < -0.4 is 10.1 Å². The minimum atomic E-state index is 0.686. The first-order valence-corrected chi connectivity index (χ1v) is 7.32. The second kappa shape index (κ2) is 6.38. The molecule has 1 N–H and O–H groups in total. The molecule has 1 heterocycles. The number of methoxy groups -OCH3 is 1. The Labute approximate surface area is 116 Å². The van der Waals surface area contributed by atoms with E-state index >= 15 is 0 Å². The average Bonchev–Trinajstić information content (AvgIpc) is 2.43. The van der Waals surface area contributed by atoms with Gasteiger partial charge in [-0.1, -0.05) is 6.42 Å². The molecular weight excluding hydrogens is 236 g/mol. The lowest BCUT2D eigenvalue weighted by Crippen LogP contribution is -2.32. The van der Waals surface area contributed by atoms with E-state index in [1.807, 2.05) is 6.20 Å². The highest BCUT2D eigenvalue weighted by Gasteiger charge is 2.22. The van der Waals surface area contributed by atoms with Crippen molar-refractivity contribution >= 4 is 0 Å². The van der Waals surface area contributed by atoms with Gasteiger partial charge in [0, 0.05) is 29.1 Å². The maximum Gasteiger partial charge on any atom is 0.128 e. The summed E-state index contributed by atoms with van der Waals surface area (Å²) in [5.74, 6) is 1.76. The Balaban J connectivity index is 2.10. The van der Waals surface area contributed by atoms with Crippen LogP contribution >= 0.6 is 0 Å². The molecule has 0 spiro atoms. The van der Waals surface area contributed by atoms with E-state index in [1.165, 1.54) is 36.9 Å². The molecule has 3 nitrogen and oxygen atoms in total. The molecule has 1 aliphatic rings. The quantitative estimate of drug-likeness (QED) is 0.905. The fraction of sp³-hybridized carbons (Fsp3) is 0.688. The molecule has 2 rings (SSSR count). The van der Waals surface area contributed by atoms with Crippen molar-refractivity contribution in [2.75, 3.05) is 14.2 Å². The summed E-state index contributed by atoms with van der Waals surface area (Å²) in [5.41, 5.74) is 3.55. The van der Waals surface area contributed by atoms with Gasteiger partial charge in [-0.15, -0.1) is 0 Å². The lowest BCUT2D eigenvalue weighted by molar-refractivity contribution is 0.292. The second-order valence-corrected chi connectivity index (χ2v) is 5.77. The minimum absolute atomic E-state index is 0.686. The predicted molar refractivity (Wildman–Crippen MR) is 78.8 cm³/mol. The largest absolute Gasteiger partial charge is 0.496 e. The molecule has 19 heavy (non-hydrogen) atoms. The Hall–Kier alpha value is -1.09. The Morgan fingerprint density at radius 3 is 2.84 bits per heavy atom. The number of aromatic nitrogens is 1. The highest BCUT2D eigenvalue weighted by Crippen LogP contribution is 2.30. The van der Waals surface area contributed by atoms with Crippen LogP contribution in [0.3, 0.4) is 0 Å². The molecule has 0 bridgehead atoms. The maximum atomic E-state index is 5.50. The summed E-state index contributed by atoms with van der Waals surface area (Å²) in [7, 11) is 3.82. The zero-order valence-corrected chi connectivity index (χ0v) is 12.6. The number of pyridine rings is 1. The standard InChI is InChI=1S/C16H26N2O/c1-11-10-18-15(12(2)16(11)19-4)9-13-6-5-7-14(8-13)17-3/h10,13-14,17H,5-9H2,1-4H3. The zero-order valence-electron chi connectivity index (χ0n) is 12.6. The van der Waals surface area contributed by atoms with Crippen molar-refractivity contribution in [3.63, 3.8) is 0 Å². The lowest BCUT2D eigenvalue weighted by atomic mass is 9.82. The van der Waals surface area contributed by atoms with Crippen LogP contribution in [-0.2, 0) is 6.42 Å². The monoisotopic (exact) mass is 262 g/mol. The first-order valence-electron chi connectivity index (χ1n) is 7.32. The van der Waals surface area contributed by atoms with Crippen LogP contribution in [0.2, 0.25) is 0 Å². The summed E-state index contributed by atoms with van der Waals surface area (Å²) in [6.07, 6.45) is 8.28. The third kappa shape index (κ3) is 3.27. The molecule has 0 saturated heterocycles. The van der Waals surface area contributed by atoms with Gasteiger partial charge in [-0.05, 0) is 52.5 Å². The summed E-state index contributed by atoms with van der Waals surface area (Å²) in [6, 6.07) is 0.686. The van der Waals surface area contributed by atoms with E-state index in [0.717, 1.165) is 23.7 Å². The fourth-order valence-electron chi connectivity index (χ4n) is 3.29. The van der Waals surface area contributed by atoms with Gasteiger partial charge in [0.2, 0.25) is 0 Å². The van der Waals surface area contributed by atoms with Gasteiger partial charge in [-0.3, -0.25) is 4.98 Å². The van der Waals surface area contributed by atoms with Crippen LogP contribution in [0.25, 0.3) is 0 Å². The van der Waals surface area contributed by atoms with Crippen LogP contribution in [0, 0.1) is 19.8 Å². The molecule has 0 radical (unpaired) electrons. The number of rotatable bonds is 4. The van der Waals surface area contributed by atoms with E-state index in [0.29, 0.717) is 6.04 Å². The maximum absolute atomic E-state index is 5.50. The van der Waals surface area contributed by atoms with E-state index in [-0.39, 0.29) is 0 Å². The molecule has 1 aromatic rings. The molecule has 106 valence electrons. The number of aryl methyl sites for hydroxylation is 1. The smallest absolute Gasteiger partial charge is 0.128 e. The van der Waals surface area contributed by atoms with Gasteiger partial charge in [-0.2, -0.15) is 0 Å². The normalized spacial score (nSPS) is 23.4. The molecule has 1 saturated carbocycles. The summed E-state index contributed by atoms with van der Waals surface area (Å²) in [5, 5.41) is 3.42. The van der Waals surface area contributed by atoms with Crippen LogP contribution in [0.15, 0.2) is 6.20 Å². The predicted octanol–water partition coefficient (Wildman–Crippen LogP) is 3.03. The minimum Gasteiger partial charge on any atom is -0.496 e. The van der Waals surface area contributed by atoms with Gasteiger partial charge in [0.25, 0.3) is 0 Å². The van der Waals surface area contributed by atoms with E-state index in [9.17, 15) is 0 Å². The summed E-state index contributed by atoms with van der Waals surface area (Å²) in [6.45, 7) is 4.19. The van der Waals surface area contributed by atoms with Crippen molar-refractivity contribution in [3.05, 3.63) is 23.0 Å². The van der Waals surface area contributed by atoms with Gasteiger partial charge < -0.3 is 10.1 Å². The van der Waals surface area contributed by atoms with E-state index < -0.39 is 0 Å². The first kappa shape index (κ1) is 14.3. The number of nitrogens with one attached hydrogen (secondary N) is 1. The third-order valence-electron chi connectivity index (χ3n) is 4.42. The molecule has 1 fully saturated rings. The number of hydrogen-bond donors (Lipinski definition) is 1. The van der Waals surface area contributed by atoms with Gasteiger partial charge in [0.1, 0.15) is 5.75 Å². The van der Waals surface area contributed by atoms with E-state index in [1.54, 1.807) is 7.11 Å². The molecule has 3 heteroatoms. The summed E-state index contributed by atoms with van der Waals surface area (Å²) < 4.78 is 5.50. The Morgan fingerprint density at radius 2 is 2.16 bits per heavy atom. The molecule has 2 unspecified atom stereocenters. The van der Waals surface area contributed by atoms with Crippen molar-refractivity contribution in [1.82, 2.24) is 10.3 Å². The van der Waals surface area contributed by atoms with Crippen molar-refractivity contribution < 1.29 is 4.74 Å². The van der Waals surface area contributed by atoms with Crippen LogP contribution in [0.4, 0.5) is 0 Å². The first-order chi connectivity index (χ1) is 9.15. The van der Waals surface area contributed by atoms with E-state index in [2.05, 4.69) is 31.2 Å². The van der Waals surface area contributed by atoms with Gasteiger partial charge in [-0.25, -0.2) is 0 Å². The number of hydrogen-bond acceptors (Lipinski definition) is 3. The third-order valence-corrected chi connectivity index (χ3v) is 4.42. The Kier molecular flexibility index (Phi) is 4.81. The van der Waals surface area contributed by atoms with Crippen LogP contribution in [0.5, 0.6) is 5.75 Å². The summed E-state index contributed by atoms with van der Waals surface area (Å²) >= 11 is 0. The Morgan fingerprint density at radius 1 is 1.37 bits per heavy atom. The molecular formula is C16H26N2O. The molecule has 1 aliphatic carbocycles. The number of ether oxygens (including phenoxy) is 1. The van der Waals surface area contributed by atoms with Crippen molar-refractivity contribution in [1.29, 1.82) is 0 Å². The van der Waals surface area contributed by atoms with Gasteiger partial charge in [0.05, 0.1) is 7.11 Å². The molecule has 2 atom stereocenters. The molecule has 1 aromatic heterocycles. The molecule has 0 aromatic carbocycles. The molecule has 0 amide bonds. The highest BCUT2D eigenvalue weighted by atomic mass is 16.5. The summed E-state index contributed by atoms with van der Waals surface area (Å²) in [4.78, 5) is 4.63. The fourth-order valence-corrected chi connectivity index (χ4v) is 3.29. The van der Waals surface area contributed by atoms with Gasteiger partial charge >= 0.3 is 0 Å². The average molecular weight is 262 g/mol. The van der Waals surface area contributed by atoms with E-state index in [4.69, 9.17) is 4.74 Å². The topological polar surface area (TPSA) is 34.2 Å². The Bertz CT molecular complexity index is 431. The highest BCUT2D eigenvalue weighted by molar-refractivity contribution is 5.41. The van der Waals surface area contributed by atoms with Crippen molar-refractivity contribution in [3.8, 4) is 5.75 Å². The van der Waals surface area contributed by atoms with Crippen LogP contribution in [-0.4, -0.2) is 25.2 Å². The lowest BCUT2D eigenvalue weighted by Gasteiger charge is -2.29. The van der Waals surface area contributed by atoms with Crippen molar-refractivity contribution in [2.45, 2.75) is 52.0 Å². The second-order valence-electron chi connectivity index (χ2n) is 5.77. The van der Waals surface area contributed by atoms with Crippen molar-refractivity contribution in [2.24, 2.45) is 5.92 Å². The zero-order chi connectivity index (χ0) is 13.8. The van der Waals surface area contributed by atoms with Crippen LogP contribution in [0.1, 0.15) is 42.5 Å².